The molecule has 0 spiro atoms. The number of hydrogen-bond donors (Lipinski definition) is 2. The monoisotopic (exact) mass is 240 g/mol. The van der Waals surface area contributed by atoms with E-state index in [1.165, 1.54) is 0 Å². The number of nitrogens with one attached hydrogen (secondary N) is 2. The molecule has 0 saturated carbocycles. The molecule has 0 atom stereocenters. The molecule has 2 N–H and O–H groups in total. The van der Waals surface area contributed by atoms with Crippen LogP contribution < -0.4 is 5.32 Å². The van der Waals surface area contributed by atoms with Gasteiger partial charge >= 0.3 is 0 Å². The average molecular weight is 240 g/mol. The zero-order chi connectivity index (χ0) is 12.8. The Balaban J connectivity index is 2.06. The van der Waals surface area contributed by atoms with Crippen molar-refractivity contribution in [1.82, 2.24) is 15.3 Å². The molecule has 0 unspecified atom stereocenters. The summed E-state index contributed by atoms with van der Waals surface area (Å²) in [6, 6.07) is 9.61. The normalized spacial score (nSPS) is 10.2. The van der Waals surface area contributed by atoms with Crippen molar-refractivity contribution >= 4 is 0 Å². The van der Waals surface area contributed by atoms with Crippen LogP contribution in [0.5, 0.6) is 0 Å². The van der Waals surface area contributed by atoms with Gasteiger partial charge in [0.15, 0.2) is 0 Å². The van der Waals surface area contributed by atoms with E-state index in [0.29, 0.717) is 5.56 Å². The Labute approximate surface area is 107 Å². The summed E-state index contributed by atoms with van der Waals surface area (Å²) in [5, 5.41) is 11.9. The van der Waals surface area contributed by atoms with Crippen LogP contribution in [0.2, 0.25) is 0 Å². The third-order valence-electron chi connectivity index (χ3n) is 2.79. The second kappa shape index (κ2) is 5.99. The Hall–Kier alpha value is -2.12. The lowest BCUT2D eigenvalue weighted by Crippen LogP contribution is -2.08. The molecule has 18 heavy (non-hydrogen) atoms. The Morgan fingerprint density at radius 2 is 2.11 bits per heavy atom. The van der Waals surface area contributed by atoms with Gasteiger partial charge in [0, 0.05) is 6.42 Å². The van der Waals surface area contributed by atoms with E-state index >= 15 is 0 Å². The Morgan fingerprint density at radius 1 is 1.33 bits per heavy atom. The van der Waals surface area contributed by atoms with E-state index in [1.54, 1.807) is 0 Å². The van der Waals surface area contributed by atoms with Gasteiger partial charge < -0.3 is 10.3 Å². The van der Waals surface area contributed by atoms with Gasteiger partial charge in [0.2, 0.25) is 0 Å². The van der Waals surface area contributed by atoms with Crippen LogP contribution in [0.25, 0.3) is 11.3 Å². The zero-order valence-corrected chi connectivity index (χ0v) is 10.4. The highest BCUT2D eigenvalue weighted by Gasteiger charge is 2.03. The Bertz CT molecular complexity index is 534. The molecule has 4 nitrogen and oxygen atoms in total. The van der Waals surface area contributed by atoms with E-state index in [-0.39, 0.29) is 0 Å². The van der Waals surface area contributed by atoms with Gasteiger partial charge in [-0.2, -0.15) is 5.26 Å². The zero-order valence-electron chi connectivity index (χ0n) is 10.4. The van der Waals surface area contributed by atoms with Gasteiger partial charge in [0.25, 0.3) is 0 Å². The number of H-pyrrole nitrogens is 1. The summed E-state index contributed by atoms with van der Waals surface area (Å²) < 4.78 is 0. The van der Waals surface area contributed by atoms with Crippen molar-refractivity contribution in [1.29, 1.82) is 5.26 Å². The number of nitrogens with zero attached hydrogens (tertiary/aromatic N) is 2. The lowest BCUT2D eigenvalue weighted by atomic mass is 10.1. The maximum Gasteiger partial charge on any atom is 0.106 e. The fourth-order valence-electron chi connectivity index (χ4n) is 1.79. The summed E-state index contributed by atoms with van der Waals surface area (Å²) in [5.74, 6) is 1.00. The maximum atomic E-state index is 8.75. The van der Waals surface area contributed by atoms with Crippen LogP contribution in [-0.2, 0) is 6.42 Å². The molecule has 0 aliphatic carbocycles. The third-order valence-corrected chi connectivity index (χ3v) is 2.79. The first-order valence-electron chi connectivity index (χ1n) is 6.02. The molecule has 4 heteroatoms. The van der Waals surface area contributed by atoms with E-state index in [2.05, 4.69) is 21.4 Å². The van der Waals surface area contributed by atoms with Crippen LogP contribution in [0.4, 0.5) is 0 Å². The number of aromatic nitrogens is 2. The first-order valence-corrected chi connectivity index (χ1v) is 6.02. The number of benzene rings is 1. The summed E-state index contributed by atoms with van der Waals surface area (Å²) in [6.07, 6.45) is 3.85. The molecule has 0 aliphatic rings. The number of imidazole rings is 1. The second-order valence-corrected chi connectivity index (χ2v) is 4.14. The van der Waals surface area contributed by atoms with E-state index in [4.69, 9.17) is 5.26 Å². The molecule has 0 fully saturated rings. The second-order valence-electron chi connectivity index (χ2n) is 4.14. The fraction of sp³-hybridized carbons (Fsp3) is 0.286. The van der Waals surface area contributed by atoms with Gasteiger partial charge in [0.05, 0.1) is 23.5 Å². The van der Waals surface area contributed by atoms with Gasteiger partial charge in [-0.05, 0) is 37.7 Å². The Morgan fingerprint density at radius 3 is 2.78 bits per heavy atom. The Kier molecular flexibility index (Phi) is 4.11. The van der Waals surface area contributed by atoms with E-state index < -0.39 is 0 Å². The first-order chi connectivity index (χ1) is 8.83. The highest BCUT2D eigenvalue weighted by Crippen LogP contribution is 2.17. The topological polar surface area (TPSA) is 64.5 Å². The van der Waals surface area contributed by atoms with E-state index in [1.807, 2.05) is 37.5 Å². The molecule has 0 aliphatic heterocycles. The molecule has 1 aromatic carbocycles. The molecule has 0 radical (unpaired) electrons. The van der Waals surface area contributed by atoms with Crippen LogP contribution in [0.3, 0.4) is 0 Å². The molecule has 2 aromatic rings. The van der Waals surface area contributed by atoms with Crippen LogP contribution in [0, 0.1) is 11.3 Å². The van der Waals surface area contributed by atoms with Gasteiger partial charge in [-0.1, -0.05) is 12.1 Å². The van der Waals surface area contributed by atoms with Gasteiger partial charge in [-0.3, -0.25) is 0 Å². The van der Waals surface area contributed by atoms with E-state index in [0.717, 1.165) is 36.5 Å². The number of aromatic amines is 1. The van der Waals surface area contributed by atoms with Crippen molar-refractivity contribution in [2.45, 2.75) is 12.8 Å². The lowest BCUT2D eigenvalue weighted by Gasteiger charge is -1.98. The summed E-state index contributed by atoms with van der Waals surface area (Å²) in [6.45, 7) is 0.993. The van der Waals surface area contributed by atoms with Gasteiger partial charge in [-0.25, -0.2) is 4.98 Å². The molecular formula is C14H16N4. The van der Waals surface area contributed by atoms with Crippen molar-refractivity contribution in [3.63, 3.8) is 0 Å². The predicted octanol–water partition coefficient (Wildman–Crippen LogP) is 2.10. The van der Waals surface area contributed by atoms with Crippen LogP contribution >= 0.6 is 0 Å². The van der Waals surface area contributed by atoms with Crippen LogP contribution in [-0.4, -0.2) is 23.6 Å². The number of rotatable bonds is 5. The number of hydrogen-bond acceptors (Lipinski definition) is 3. The van der Waals surface area contributed by atoms with Crippen molar-refractivity contribution in [3.05, 3.63) is 41.9 Å². The predicted molar refractivity (Wildman–Crippen MR) is 71.0 cm³/mol. The minimum Gasteiger partial charge on any atom is -0.342 e. The minimum atomic E-state index is 0.674. The highest BCUT2D eigenvalue weighted by atomic mass is 14.9. The quantitative estimate of drug-likeness (QED) is 0.787. The highest BCUT2D eigenvalue weighted by molar-refractivity contribution is 5.59. The molecule has 1 aromatic heterocycles. The first kappa shape index (κ1) is 12.3. The number of nitriles is 1. The largest absolute Gasteiger partial charge is 0.342 e. The standard InChI is InChI=1S/C14H16N4/c1-16-8-2-3-14-17-10-13(18-14)12-6-4-11(9-15)5-7-12/h4-7,10,16H,2-3,8H2,1H3,(H,17,18). The van der Waals surface area contributed by atoms with E-state index in [9.17, 15) is 0 Å². The molecule has 1 heterocycles. The lowest BCUT2D eigenvalue weighted by molar-refractivity contribution is 0.707. The maximum absolute atomic E-state index is 8.75. The molecule has 2 rings (SSSR count). The smallest absolute Gasteiger partial charge is 0.106 e. The summed E-state index contributed by atoms with van der Waals surface area (Å²) in [5.41, 5.74) is 2.73. The summed E-state index contributed by atoms with van der Waals surface area (Å²) >= 11 is 0. The van der Waals surface area contributed by atoms with Crippen molar-refractivity contribution in [3.8, 4) is 17.3 Å². The SMILES string of the molecule is CNCCCc1ncc(-c2ccc(C#N)cc2)[nH]1. The third kappa shape index (κ3) is 2.96. The minimum absolute atomic E-state index is 0.674. The molecule has 0 saturated heterocycles. The van der Waals surface area contributed by atoms with Gasteiger partial charge in [-0.15, -0.1) is 0 Å². The molecule has 92 valence electrons. The van der Waals surface area contributed by atoms with Crippen molar-refractivity contribution < 1.29 is 0 Å². The summed E-state index contributed by atoms with van der Waals surface area (Å²) in [7, 11) is 1.95. The van der Waals surface area contributed by atoms with Crippen LogP contribution in [0.1, 0.15) is 17.8 Å². The van der Waals surface area contributed by atoms with Crippen molar-refractivity contribution in [2.75, 3.05) is 13.6 Å². The van der Waals surface area contributed by atoms with Crippen molar-refractivity contribution in [2.24, 2.45) is 0 Å². The average Bonchev–Trinajstić information content (AvgIpc) is 2.88. The molecule has 0 bridgehead atoms. The van der Waals surface area contributed by atoms with Gasteiger partial charge in [0.1, 0.15) is 5.82 Å². The number of aryl methyl sites for hydroxylation is 1. The molecular weight excluding hydrogens is 224 g/mol. The van der Waals surface area contributed by atoms with Crippen LogP contribution in [0.15, 0.2) is 30.5 Å². The molecule has 0 amide bonds. The fourth-order valence-corrected chi connectivity index (χ4v) is 1.79. The summed E-state index contributed by atoms with van der Waals surface area (Å²) in [4.78, 5) is 7.66.